The molecule has 0 aliphatic heterocycles. The highest BCUT2D eigenvalue weighted by Crippen LogP contribution is 2.23. The van der Waals surface area contributed by atoms with Crippen LogP contribution in [0.15, 0.2) is 35.7 Å². The van der Waals surface area contributed by atoms with Gasteiger partial charge in [0, 0.05) is 17.9 Å². The molecule has 0 spiro atoms. The van der Waals surface area contributed by atoms with Gasteiger partial charge in [-0.25, -0.2) is 0 Å². The Balaban J connectivity index is 2.06. The molecular formula is C16H18O2S. The summed E-state index contributed by atoms with van der Waals surface area (Å²) >= 11 is 1.43. The van der Waals surface area contributed by atoms with Crippen molar-refractivity contribution < 1.29 is 9.53 Å². The molecule has 1 aromatic carbocycles. The third-order valence-electron chi connectivity index (χ3n) is 3.10. The number of ether oxygens (including phenoxy) is 1. The molecule has 0 bridgehead atoms. The van der Waals surface area contributed by atoms with E-state index in [1.54, 1.807) is 13.2 Å². The zero-order chi connectivity index (χ0) is 13.8. The molecule has 19 heavy (non-hydrogen) atoms. The van der Waals surface area contributed by atoms with Crippen LogP contribution in [0.1, 0.15) is 40.6 Å². The van der Waals surface area contributed by atoms with E-state index in [2.05, 4.69) is 26.0 Å². The zero-order valence-electron chi connectivity index (χ0n) is 11.5. The number of carbonyl (C=O) groups excluding carboxylic acids is 1. The van der Waals surface area contributed by atoms with E-state index < -0.39 is 0 Å². The molecule has 0 unspecified atom stereocenters. The molecule has 100 valence electrons. The van der Waals surface area contributed by atoms with Crippen LogP contribution in [-0.4, -0.2) is 12.9 Å². The van der Waals surface area contributed by atoms with E-state index in [1.807, 2.05) is 17.5 Å². The minimum Gasteiger partial charge on any atom is -0.496 e. The third kappa shape index (κ3) is 3.44. The number of hydrogen-bond acceptors (Lipinski definition) is 3. The summed E-state index contributed by atoms with van der Waals surface area (Å²) in [5, 5.41) is 1.86. The summed E-state index contributed by atoms with van der Waals surface area (Å²) < 4.78 is 5.10. The summed E-state index contributed by atoms with van der Waals surface area (Å²) in [7, 11) is 1.61. The number of methoxy groups -OCH3 is 1. The van der Waals surface area contributed by atoms with E-state index >= 15 is 0 Å². The lowest BCUT2D eigenvalue weighted by molar-refractivity contribution is 0.0996. The normalized spacial score (nSPS) is 10.7. The summed E-state index contributed by atoms with van der Waals surface area (Å²) in [4.78, 5) is 12.9. The molecule has 0 N–H and O–H groups in total. The van der Waals surface area contributed by atoms with Crippen LogP contribution in [0, 0.1) is 0 Å². The molecule has 0 saturated carbocycles. The fourth-order valence-corrected chi connectivity index (χ4v) is 2.66. The molecule has 1 heterocycles. The molecule has 0 saturated heterocycles. The second-order valence-electron chi connectivity index (χ2n) is 4.85. The van der Waals surface area contributed by atoms with Gasteiger partial charge in [0.15, 0.2) is 5.78 Å². The predicted molar refractivity (Wildman–Crippen MR) is 79.4 cm³/mol. The fraction of sp³-hybridized carbons (Fsp3) is 0.312. The minimum absolute atomic E-state index is 0.144. The van der Waals surface area contributed by atoms with Gasteiger partial charge < -0.3 is 4.74 Å². The van der Waals surface area contributed by atoms with Crippen LogP contribution in [0.2, 0.25) is 0 Å². The molecule has 1 aromatic heterocycles. The number of Topliss-reactive ketones (excluding diaryl/α,β-unsaturated/α-hetero) is 1. The third-order valence-corrected chi connectivity index (χ3v) is 4.05. The predicted octanol–water partition coefficient (Wildman–Crippen LogP) is 4.31. The summed E-state index contributed by atoms with van der Waals surface area (Å²) in [6.45, 7) is 4.33. The van der Waals surface area contributed by atoms with Crippen LogP contribution in [0.25, 0.3) is 0 Å². The molecule has 0 radical (unpaired) electrons. The standard InChI is InChI=1S/C16H18O2S/c1-11(2)13-6-4-12(5-7-13)8-15(17)16-9-14(18-3)10-19-16/h4-7,9-11H,8H2,1-3H3. The fourth-order valence-electron chi connectivity index (χ4n) is 1.86. The molecule has 0 aliphatic carbocycles. The minimum atomic E-state index is 0.144. The van der Waals surface area contributed by atoms with Crippen molar-refractivity contribution in [1.82, 2.24) is 0 Å². The Morgan fingerprint density at radius 3 is 2.47 bits per heavy atom. The van der Waals surface area contributed by atoms with Gasteiger partial charge in [0.05, 0.1) is 12.0 Å². The number of thiophene rings is 1. The lowest BCUT2D eigenvalue weighted by atomic mass is 10.00. The smallest absolute Gasteiger partial charge is 0.177 e. The number of benzene rings is 1. The molecule has 2 nitrogen and oxygen atoms in total. The number of ketones is 1. The van der Waals surface area contributed by atoms with Crippen molar-refractivity contribution in [2.75, 3.05) is 7.11 Å². The Kier molecular flexibility index (Phi) is 4.38. The lowest BCUT2D eigenvalue weighted by Gasteiger charge is -2.06. The highest BCUT2D eigenvalue weighted by molar-refractivity contribution is 7.12. The molecule has 0 aliphatic rings. The maximum Gasteiger partial charge on any atom is 0.177 e. The SMILES string of the molecule is COc1csc(C(=O)Cc2ccc(C(C)C)cc2)c1. The summed E-state index contributed by atoms with van der Waals surface area (Å²) in [6.07, 6.45) is 0.446. The Bertz CT molecular complexity index is 552. The maximum atomic E-state index is 12.1. The first-order chi connectivity index (χ1) is 9.10. The highest BCUT2D eigenvalue weighted by Gasteiger charge is 2.10. The quantitative estimate of drug-likeness (QED) is 0.760. The summed E-state index contributed by atoms with van der Waals surface area (Å²) in [6, 6.07) is 10.1. The van der Waals surface area contributed by atoms with Crippen LogP contribution in [0.3, 0.4) is 0 Å². The number of rotatable bonds is 5. The van der Waals surface area contributed by atoms with E-state index in [-0.39, 0.29) is 5.78 Å². The topological polar surface area (TPSA) is 26.3 Å². The van der Waals surface area contributed by atoms with Gasteiger partial charge in [-0.2, -0.15) is 0 Å². The van der Waals surface area contributed by atoms with E-state index in [1.165, 1.54) is 16.9 Å². The van der Waals surface area contributed by atoms with Crippen molar-refractivity contribution in [3.63, 3.8) is 0 Å². The van der Waals surface area contributed by atoms with E-state index in [4.69, 9.17) is 4.74 Å². The van der Waals surface area contributed by atoms with Crippen LogP contribution >= 0.6 is 11.3 Å². The largest absolute Gasteiger partial charge is 0.496 e. The van der Waals surface area contributed by atoms with Crippen LogP contribution in [-0.2, 0) is 6.42 Å². The molecular weight excluding hydrogens is 256 g/mol. The first kappa shape index (κ1) is 13.8. The maximum absolute atomic E-state index is 12.1. The van der Waals surface area contributed by atoms with Crippen LogP contribution in [0.5, 0.6) is 5.75 Å². The van der Waals surface area contributed by atoms with Crippen LogP contribution < -0.4 is 4.74 Å². The van der Waals surface area contributed by atoms with Gasteiger partial charge in [-0.3, -0.25) is 4.79 Å². The highest BCUT2D eigenvalue weighted by atomic mass is 32.1. The van der Waals surface area contributed by atoms with Gasteiger partial charge in [-0.15, -0.1) is 11.3 Å². The van der Waals surface area contributed by atoms with Crippen LogP contribution in [0.4, 0.5) is 0 Å². The molecule has 3 heteroatoms. The molecule has 0 amide bonds. The van der Waals surface area contributed by atoms with Gasteiger partial charge in [0.2, 0.25) is 0 Å². The van der Waals surface area contributed by atoms with Gasteiger partial charge >= 0.3 is 0 Å². The van der Waals surface area contributed by atoms with Gasteiger partial charge in [-0.1, -0.05) is 38.1 Å². The molecule has 0 fully saturated rings. The van der Waals surface area contributed by atoms with Crippen molar-refractivity contribution in [2.24, 2.45) is 0 Å². The van der Waals surface area contributed by atoms with E-state index in [9.17, 15) is 4.79 Å². The van der Waals surface area contributed by atoms with Gasteiger partial charge in [0.1, 0.15) is 5.75 Å². The van der Waals surface area contributed by atoms with Crippen molar-refractivity contribution in [3.05, 3.63) is 51.7 Å². The molecule has 0 atom stereocenters. The Morgan fingerprint density at radius 1 is 1.26 bits per heavy atom. The van der Waals surface area contributed by atoms with E-state index in [0.717, 1.165) is 16.2 Å². The average Bonchev–Trinajstić information content (AvgIpc) is 2.88. The van der Waals surface area contributed by atoms with Gasteiger partial charge in [0.25, 0.3) is 0 Å². The monoisotopic (exact) mass is 274 g/mol. The first-order valence-corrected chi connectivity index (χ1v) is 7.22. The summed E-state index contributed by atoms with van der Waals surface area (Å²) in [5.41, 5.74) is 2.36. The Hall–Kier alpha value is -1.61. The average molecular weight is 274 g/mol. The molecule has 2 rings (SSSR count). The second-order valence-corrected chi connectivity index (χ2v) is 5.76. The second kappa shape index (κ2) is 6.02. The van der Waals surface area contributed by atoms with Crippen molar-refractivity contribution >= 4 is 17.1 Å². The van der Waals surface area contributed by atoms with E-state index in [0.29, 0.717) is 12.3 Å². The number of hydrogen-bond donors (Lipinski definition) is 0. The molecule has 2 aromatic rings. The summed E-state index contributed by atoms with van der Waals surface area (Å²) in [5.74, 6) is 1.42. The Labute approximate surface area is 118 Å². The lowest BCUT2D eigenvalue weighted by Crippen LogP contribution is -2.01. The first-order valence-electron chi connectivity index (χ1n) is 6.34. The van der Waals surface area contributed by atoms with Crippen molar-refractivity contribution in [2.45, 2.75) is 26.2 Å². The van der Waals surface area contributed by atoms with Crippen molar-refractivity contribution in [3.8, 4) is 5.75 Å². The van der Waals surface area contributed by atoms with Gasteiger partial charge in [-0.05, 0) is 17.0 Å². The van der Waals surface area contributed by atoms with Crippen molar-refractivity contribution in [1.29, 1.82) is 0 Å². The number of carbonyl (C=O) groups is 1. The Morgan fingerprint density at radius 2 is 1.95 bits per heavy atom. The zero-order valence-corrected chi connectivity index (χ0v) is 12.3.